The number of hydrogen-bond donors (Lipinski definition) is 1. The van der Waals surface area contributed by atoms with Gasteiger partial charge in [-0.1, -0.05) is 6.07 Å². The molecule has 1 fully saturated rings. The highest BCUT2D eigenvalue weighted by Crippen LogP contribution is 2.32. The van der Waals surface area contributed by atoms with Crippen LogP contribution in [0, 0.1) is 12.8 Å². The number of nitrogens with one attached hydrogen (secondary N) is 1. The Labute approximate surface area is 85.7 Å². The van der Waals surface area contributed by atoms with Crippen molar-refractivity contribution in [2.24, 2.45) is 5.92 Å². The molecule has 2 rings (SSSR count). The summed E-state index contributed by atoms with van der Waals surface area (Å²) in [5.74, 6) is 0.916. The topological polar surface area (TPSA) is 24.9 Å². The molecule has 1 atom stereocenters. The molecule has 0 radical (unpaired) electrons. The molecule has 0 saturated heterocycles. The Bertz CT molecular complexity index is 305. The predicted molar refractivity (Wildman–Crippen MR) is 58.0 cm³/mol. The first-order chi connectivity index (χ1) is 6.77. The largest absolute Gasteiger partial charge is 0.308 e. The average Bonchev–Trinajstić information content (AvgIpc) is 2.99. The summed E-state index contributed by atoms with van der Waals surface area (Å²) in [7, 11) is 0. The minimum Gasteiger partial charge on any atom is -0.308 e. The van der Waals surface area contributed by atoms with Crippen LogP contribution >= 0.6 is 0 Å². The quantitative estimate of drug-likeness (QED) is 0.788. The lowest BCUT2D eigenvalue weighted by Crippen LogP contribution is -2.27. The molecule has 1 saturated carbocycles. The van der Waals surface area contributed by atoms with E-state index in [1.165, 1.54) is 24.1 Å². The van der Waals surface area contributed by atoms with Crippen molar-refractivity contribution in [2.75, 3.05) is 0 Å². The third-order valence-corrected chi connectivity index (χ3v) is 3.04. The maximum atomic E-state index is 4.37. The molecule has 0 aliphatic heterocycles. The van der Waals surface area contributed by atoms with Gasteiger partial charge in [0.2, 0.25) is 0 Å². The zero-order valence-corrected chi connectivity index (χ0v) is 8.96. The molecule has 14 heavy (non-hydrogen) atoms. The first-order valence-corrected chi connectivity index (χ1v) is 5.41. The zero-order chi connectivity index (χ0) is 9.97. The average molecular weight is 190 g/mol. The normalized spacial score (nSPS) is 18.1. The van der Waals surface area contributed by atoms with Crippen LogP contribution in [0.5, 0.6) is 0 Å². The fourth-order valence-electron chi connectivity index (χ4n) is 1.72. The lowest BCUT2D eigenvalue weighted by atomic mass is 10.2. The minimum atomic E-state index is 0.649. The number of rotatable bonds is 4. The van der Waals surface area contributed by atoms with Gasteiger partial charge >= 0.3 is 0 Å². The van der Waals surface area contributed by atoms with Gasteiger partial charge in [0.05, 0.1) is 5.69 Å². The van der Waals surface area contributed by atoms with E-state index in [-0.39, 0.29) is 0 Å². The van der Waals surface area contributed by atoms with E-state index in [2.05, 4.69) is 30.2 Å². The Kier molecular flexibility index (Phi) is 2.82. The standard InChI is InChI=1S/C12H18N2/c1-9-4-3-7-13-12(9)8-14-10(2)11-5-6-11/h3-4,7,10-11,14H,5-6,8H2,1-2H3. The first-order valence-electron chi connectivity index (χ1n) is 5.41. The maximum absolute atomic E-state index is 4.37. The molecular weight excluding hydrogens is 172 g/mol. The molecular formula is C12H18N2. The molecule has 0 bridgehead atoms. The minimum absolute atomic E-state index is 0.649. The fourth-order valence-corrected chi connectivity index (χ4v) is 1.72. The van der Waals surface area contributed by atoms with E-state index < -0.39 is 0 Å². The van der Waals surface area contributed by atoms with E-state index in [1.54, 1.807) is 0 Å². The molecule has 1 aromatic rings. The summed E-state index contributed by atoms with van der Waals surface area (Å²) in [5.41, 5.74) is 2.46. The van der Waals surface area contributed by atoms with Crippen LogP contribution in [0.1, 0.15) is 31.0 Å². The van der Waals surface area contributed by atoms with Gasteiger partial charge in [-0.3, -0.25) is 4.98 Å². The predicted octanol–water partition coefficient (Wildman–Crippen LogP) is 2.28. The van der Waals surface area contributed by atoms with Gasteiger partial charge in [-0.25, -0.2) is 0 Å². The summed E-state index contributed by atoms with van der Waals surface area (Å²) in [6, 6.07) is 4.76. The molecule has 1 aliphatic rings. The van der Waals surface area contributed by atoms with Gasteiger partial charge in [0.15, 0.2) is 0 Å². The number of aromatic nitrogens is 1. The Morgan fingerprint density at radius 3 is 3.00 bits per heavy atom. The highest BCUT2D eigenvalue weighted by molar-refractivity contribution is 5.17. The molecule has 1 unspecified atom stereocenters. The van der Waals surface area contributed by atoms with Crippen molar-refractivity contribution in [3.8, 4) is 0 Å². The Balaban J connectivity index is 1.87. The summed E-state index contributed by atoms with van der Waals surface area (Å²) in [4.78, 5) is 4.37. The highest BCUT2D eigenvalue weighted by Gasteiger charge is 2.27. The zero-order valence-electron chi connectivity index (χ0n) is 8.96. The van der Waals surface area contributed by atoms with E-state index in [0.717, 1.165) is 12.5 Å². The van der Waals surface area contributed by atoms with Crippen LogP contribution in [-0.4, -0.2) is 11.0 Å². The summed E-state index contributed by atoms with van der Waals surface area (Å²) >= 11 is 0. The summed E-state index contributed by atoms with van der Waals surface area (Å²) in [6.45, 7) is 5.30. The number of hydrogen-bond acceptors (Lipinski definition) is 2. The van der Waals surface area contributed by atoms with Crippen molar-refractivity contribution in [3.63, 3.8) is 0 Å². The second-order valence-corrected chi connectivity index (χ2v) is 4.27. The first kappa shape index (κ1) is 9.66. The van der Waals surface area contributed by atoms with Crippen LogP contribution < -0.4 is 5.32 Å². The summed E-state index contributed by atoms with van der Waals surface area (Å²) in [6.07, 6.45) is 4.66. The Hall–Kier alpha value is -0.890. The van der Waals surface area contributed by atoms with Crippen molar-refractivity contribution in [3.05, 3.63) is 29.6 Å². The van der Waals surface area contributed by atoms with Gasteiger partial charge in [0.1, 0.15) is 0 Å². The van der Waals surface area contributed by atoms with Gasteiger partial charge in [-0.15, -0.1) is 0 Å². The van der Waals surface area contributed by atoms with Crippen molar-refractivity contribution >= 4 is 0 Å². The maximum Gasteiger partial charge on any atom is 0.0570 e. The van der Waals surface area contributed by atoms with E-state index in [9.17, 15) is 0 Å². The smallest absolute Gasteiger partial charge is 0.0570 e. The van der Waals surface area contributed by atoms with Gasteiger partial charge in [0.25, 0.3) is 0 Å². The molecule has 1 aliphatic carbocycles. The van der Waals surface area contributed by atoms with E-state index >= 15 is 0 Å². The number of nitrogens with zero attached hydrogens (tertiary/aromatic N) is 1. The fraction of sp³-hybridized carbons (Fsp3) is 0.583. The van der Waals surface area contributed by atoms with Crippen LogP contribution in [0.4, 0.5) is 0 Å². The van der Waals surface area contributed by atoms with Crippen molar-refractivity contribution in [1.29, 1.82) is 0 Å². The number of aryl methyl sites for hydroxylation is 1. The highest BCUT2D eigenvalue weighted by atomic mass is 14.9. The lowest BCUT2D eigenvalue weighted by Gasteiger charge is -2.12. The van der Waals surface area contributed by atoms with Crippen molar-refractivity contribution in [2.45, 2.75) is 39.3 Å². The van der Waals surface area contributed by atoms with E-state index in [1.807, 2.05) is 12.3 Å². The molecule has 76 valence electrons. The molecule has 0 aromatic carbocycles. The second-order valence-electron chi connectivity index (χ2n) is 4.27. The van der Waals surface area contributed by atoms with Crippen molar-refractivity contribution < 1.29 is 0 Å². The third-order valence-electron chi connectivity index (χ3n) is 3.04. The van der Waals surface area contributed by atoms with E-state index in [0.29, 0.717) is 6.04 Å². The van der Waals surface area contributed by atoms with Gasteiger partial charge in [0, 0.05) is 18.8 Å². The molecule has 1 aromatic heterocycles. The molecule has 2 heteroatoms. The van der Waals surface area contributed by atoms with Gasteiger partial charge in [-0.2, -0.15) is 0 Å². The SMILES string of the molecule is Cc1cccnc1CNC(C)C1CC1. The summed E-state index contributed by atoms with van der Waals surface area (Å²) < 4.78 is 0. The van der Waals surface area contributed by atoms with Crippen LogP contribution in [0.25, 0.3) is 0 Å². The van der Waals surface area contributed by atoms with Crippen LogP contribution in [0.2, 0.25) is 0 Å². The second kappa shape index (κ2) is 4.09. The van der Waals surface area contributed by atoms with Crippen LogP contribution in [0.3, 0.4) is 0 Å². The van der Waals surface area contributed by atoms with Crippen LogP contribution in [-0.2, 0) is 6.54 Å². The van der Waals surface area contributed by atoms with Gasteiger partial charge in [-0.05, 0) is 44.2 Å². The molecule has 2 nitrogen and oxygen atoms in total. The van der Waals surface area contributed by atoms with Crippen LogP contribution in [0.15, 0.2) is 18.3 Å². The Morgan fingerprint density at radius 1 is 1.57 bits per heavy atom. The molecule has 0 amide bonds. The van der Waals surface area contributed by atoms with E-state index in [4.69, 9.17) is 0 Å². The molecule has 1 N–H and O–H groups in total. The molecule has 1 heterocycles. The molecule has 0 spiro atoms. The van der Waals surface area contributed by atoms with Crippen molar-refractivity contribution in [1.82, 2.24) is 10.3 Å². The third kappa shape index (κ3) is 2.32. The number of pyridine rings is 1. The monoisotopic (exact) mass is 190 g/mol. The summed E-state index contributed by atoms with van der Waals surface area (Å²) in [5, 5.41) is 3.54. The Morgan fingerprint density at radius 2 is 2.36 bits per heavy atom. The van der Waals surface area contributed by atoms with Gasteiger partial charge < -0.3 is 5.32 Å². The lowest BCUT2D eigenvalue weighted by molar-refractivity contribution is 0.491.